The molecule has 1 saturated carbocycles. The molecule has 0 atom stereocenters. The van der Waals surface area contributed by atoms with Crippen molar-refractivity contribution >= 4 is 35.8 Å². The van der Waals surface area contributed by atoms with Gasteiger partial charge in [-0.1, -0.05) is 0 Å². The van der Waals surface area contributed by atoms with Gasteiger partial charge in [-0.2, -0.15) is 0 Å². The summed E-state index contributed by atoms with van der Waals surface area (Å²) in [6, 6.07) is 0. The first kappa shape index (κ1) is 41.1. The molecule has 0 spiro atoms. The van der Waals surface area contributed by atoms with E-state index in [0.29, 0.717) is 0 Å². The van der Waals surface area contributed by atoms with Crippen LogP contribution in [-0.2, 0) is 28.8 Å². The van der Waals surface area contributed by atoms with Crippen LogP contribution in [0, 0.1) is 35.5 Å². The number of hydrogen-bond acceptors (Lipinski definition) is 12. The minimum atomic E-state index is -2.78. The van der Waals surface area contributed by atoms with Gasteiger partial charge in [0.1, 0.15) is 0 Å². The van der Waals surface area contributed by atoms with E-state index in [0.717, 1.165) is 0 Å². The molecule has 1 rings (SSSR count). The average molecular weight is 457 g/mol. The molecular formula is C12H6Na5O12-. The van der Waals surface area contributed by atoms with Crippen molar-refractivity contribution in [2.45, 2.75) is 0 Å². The number of carbonyl (C=O) groups is 6. The summed E-state index contributed by atoms with van der Waals surface area (Å²) < 4.78 is 0. The van der Waals surface area contributed by atoms with Gasteiger partial charge in [0.25, 0.3) is 0 Å². The van der Waals surface area contributed by atoms with Crippen molar-refractivity contribution in [3.05, 3.63) is 0 Å². The summed E-state index contributed by atoms with van der Waals surface area (Å²) in [7, 11) is 0. The van der Waals surface area contributed by atoms with Crippen LogP contribution in [0.4, 0.5) is 0 Å². The monoisotopic (exact) mass is 457 g/mol. The van der Waals surface area contributed by atoms with Crippen LogP contribution in [-0.4, -0.2) is 35.8 Å². The zero-order valence-corrected chi connectivity index (χ0v) is 26.4. The maximum Gasteiger partial charge on any atom is 1.00 e. The summed E-state index contributed by atoms with van der Waals surface area (Å²) in [6.45, 7) is 0. The van der Waals surface area contributed by atoms with E-state index in [4.69, 9.17) is 0 Å². The van der Waals surface area contributed by atoms with E-state index in [-0.39, 0.29) is 148 Å². The first-order valence-corrected chi connectivity index (χ1v) is 6.18. The number of aliphatic carboxylic acids is 6. The van der Waals surface area contributed by atoms with E-state index in [1.807, 2.05) is 0 Å². The van der Waals surface area contributed by atoms with Crippen LogP contribution in [0.25, 0.3) is 0 Å². The Morgan fingerprint density at radius 3 is 0.414 bits per heavy atom. The maximum atomic E-state index is 11.1. The predicted octanol–water partition coefficient (Wildman–Crippen LogP) is -24.8. The number of rotatable bonds is 6. The number of carboxylic acids is 6. The van der Waals surface area contributed by atoms with E-state index < -0.39 is 71.3 Å². The Bertz CT molecular complexity index is 489. The number of carboxylic acid groups (broad SMARTS) is 6. The van der Waals surface area contributed by atoms with Crippen LogP contribution in [0.15, 0.2) is 0 Å². The summed E-state index contributed by atoms with van der Waals surface area (Å²) in [5.74, 6) is -31.4. The molecule has 17 heteroatoms. The molecule has 29 heavy (non-hydrogen) atoms. The van der Waals surface area contributed by atoms with Gasteiger partial charge in [-0.25, -0.2) is 0 Å². The van der Waals surface area contributed by atoms with Gasteiger partial charge >= 0.3 is 148 Å². The van der Waals surface area contributed by atoms with Crippen molar-refractivity contribution in [2.75, 3.05) is 0 Å². The molecule has 1 aliphatic rings. The van der Waals surface area contributed by atoms with Crippen molar-refractivity contribution in [1.82, 2.24) is 0 Å². The second-order valence-corrected chi connectivity index (χ2v) is 5.07. The Kier molecular flexibility index (Phi) is 24.5. The zero-order valence-electron chi connectivity index (χ0n) is 16.4. The molecule has 1 fully saturated rings. The summed E-state index contributed by atoms with van der Waals surface area (Å²) in [4.78, 5) is 66.7. The molecule has 0 amide bonds. The molecular weight excluding hydrogens is 451 g/mol. The Balaban J connectivity index is -0.000000384. The summed E-state index contributed by atoms with van der Waals surface area (Å²) in [5.41, 5.74) is 0. The largest absolute Gasteiger partial charge is 1.00 e. The first-order valence-electron chi connectivity index (χ1n) is 6.18. The second-order valence-electron chi connectivity index (χ2n) is 5.07. The molecule has 12 nitrogen and oxygen atoms in total. The first-order chi connectivity index (χ1) is 10.9. The fourth-order valence-corrected chi connectivity index (χ4v) is 3.10. The van der Waals surface area contributed by atoms with Gasteiger partial charge < -0.3 is 59.4 Å². The summed E-state index contributed by atoms with van der Waals surface area (Å²) in [6.07, 6.45) is 0. The third kappa shape index (κ3) is 9.30. The van der Waals surface area contributed by atoms with Crippen LogP contribution in [0.5, 0.6) is 0 Å². The average Bonchev–Trinajstić information content (AvgIpc) is 2.42. The predicted molar refractivity (Wildman–Crippen MR) is 51.0 cm³/mol. The molecule has 0 N–H and O–H groups in total. The van der Waals surface area contributed by atoms with Crippen molar-refractivity contribution < 1.29 is 207 Å². The molecule has 0 aromatic rings. The smallest absolute Gasteiger partial charge is 0.550 e. The van der Waals surface area contributed by atoms with Crippen LogP contribution < -0.4 is 178 Å². The topological polar surface area (TPSA) is 241 Å². The van der Waals surface area contributed by atoms with Gasteiger partial charge in [-0.3, -0.25) is 0 Å². The molecule has 0 heterocycles. The SMILES string of the molecule is O=C([O-])C1C(C(=O)[O-])C(C(=O)[O-])C(C(=O)[O-])C(C(=O)[O-])C1C(=O)[O-].[Na+].[Na+].[Na+].[Na+].[Na+]. The van der Waals surface area contributed by atoms with E-state index in [9.17, 15) is 59.4 Å². The second kappa shape index (κ2) is 17.3. The van der Waals surface area contributed by atoms with Crippen molar-refractivity contribution in [3.63, 3.8) is 0 Å². The van der Waals surface area contributed by atoms with Gasteiger partial charge in [-0.15, -0.1) is 0 Å². The Morgan fingerprint density at radius 2 is 0.379 bits per heavy atom. The molecule has 132 valence electrons. The van der Waals surface area contributed by atoms with Gasteiger partial charge in [0.15, 0.2) is 0 Å². The van der Waals surface area contributed by atoms with Gasteiger partial charge in [0, 0.05) is 71.3 Å². The molecule has 0 aromatic heterocycles. The molecule has 0 saturated heterocycles. The number of hydrogen-bond donors (Lipinski definition) is 0. The molecule has 0 unspecified atom stereocenters. The van der Waals surface area contributed by atoms with Crippen molar-refractivity contribution in [1.29, 1.82) is 0 Å². The zero-order chi connectivity index (χ0) is 18.9. The minimum absolute atomic E-state index is 0. The van der Waals surface area contributed by atoms with Gasteiger partial charge in [0.05, 0.1) is 0 Å². The fraction of sp³-hybridized carbons (Fsp3) is 0.500. The quantitative estimate of drug-likeness (QED) is 0.338. The minimum Gasteiger partial charge on any atom is -0.550 e. The molecule has 0 aromatic carbocycles. The van der Waals surface area contributed by atoms with E-state index in [1.54, 1.807) is 0 Å². The third-order valence-corrected chi connectivity index (χ3v) is 3.95. The van der Waals surface area contributed by atoms with Gasteiger partial charge in [0.2, 0.25) is 0 Å². The summed E-state index contributed by atoms with van der Waals surface area (Å²) >= 11 is 0. The standard InChI is InChI=1S/C12H12O12.5Na/c13-7(14)1-2(8(15)16)4(10(19)20)6(12(23)24)5(11(21)22)3(1)9(17)18;;;;;/h1-6H,(H,13,14)(H,15,16)(H,17,18)(H,19,20)(H,21,22)(H,23,24);;;;;/q;5*+1/p-6. The van der Waals surface area contributed by atoms with Gasteiger partial charge in [-0.05, 0) is 0 Å². The van der Waals surface area contributed by atoms with Crippen molar-refractivity contribution in [2.24, 2.45) is 35.5 Å². The van der Waals surface area contributed by atoms with Crippen LogP contribution >= 0.6 is 0 Å². The van der Waals surface area contributed by atoms with Crippen LogP contribution in [0.2, 0.25) is 0 Å². The van der Waals surface area contributed by atoms with Crippen LogP contribution in [0.3, 0.4) is 0 Å². The Hall–Kier alpha value is 1.82. The molecule has 0 aliphatic heterocycles. The molecule has 0 bridgehead atoms. The van der Waals surface area contributed by atoms with Crippen molar-refractivity contribution in [3.8, 4) is 0 Å². The van der Waals surface area contributed by atoms with Crippen LogP contribution in [0.1, 0.15) is 0 Å². The summed E-state index contributed by atoms with van der Waals surface area (Å²) in [5, 5.41) is 66.7. The molecule has 0 radical (unpaired) electrons. The molecule has 1 aliphatic carbocycles. The Labute approximate surface area is 274 Å². The van der Waals surface area contributed by atoms with E-state index >= 15 is 0 Å². The fourth-order valence-electron chi connectivity index (χ4n) is 3.10. The third-order valence-electron chi connectivity index (χ3n) is 3.95. The number of carbonyl (C=O) groups excluding carboxylic acids is 6. The maximum absolute atomic E-state index is 11.1. The Morgan fingerprint density at radius 1 is 0.310 bits per heavy atom. The normalized spacial score (nSPS) is 26.9. The van der Waals surface area contributed by atoms with E-state index in [2.05, 4.69) is 0 Å². The van der Waals surface area contributed by atoms with E-state index in [1.165, 1.54) is 0 Å².